The van der Waals surface area contributed by atoms with E-state index in [-0.39, 0.29) is 24.9 Å². The lowest BCUT2D eigenvalue weighted by Gasteiger charge is -2.48. The maximum absolute atomic E-state index is 12.5. The summed E-state index contributed by atoms with van der Waals surface area (Å²) >= 11 is 0. The molecule has 0 aromatic heterocycles. The van der Waals surface area contributed by atoms with Gasteiger partial charge in [-0.1, -0.05) is 42.5 Å². The minimum Gasteiger partial charge on any atom is -0.457 e. The summed E-state index contributed by atoms with van der Waals surface area (Å²) in [6, 6.07) is 8.84. The molecule has 162 valence electrons. The first-order chi connectivity index (χ1) is 14.7. The highest BCUT2D eigenvalue weighted by Gasteiger charge is 2.52. The molecule has 6 atom stereocenters. The molecule has 30 heavy (non-hydrogen) atoms. The van der Waals surface area contributed by atoms with E-state index in [4.69, 9.17) is 23.7 Å². The van der Waals surface area contributed by atoms with Gasteiger partial charge in [-0.15, -0.1) is 0 Å². The van der Waals surface area contributed by atoms with Crippen molar-refractivity contribution in [2.45, 2.75) is 62.6 Å². The number of hydrogen-bond acceptors (Lipinski definition) is 7. The van der Waals surface area contributed by atoms with E-state index in [1.807, 2.05) is 42.5 Å². The molecule has 8 nitrogen and oxygen atoms in total. The third-order valence-corrected chi connectivity index (χ3v) is 5.46. The Morgan fingerprint density at radius 2 is 1.77 bits per heavy atom. The van der Waals surface area contributed by atoms with Gasteiger partial charge in [-0.25, -0.2) is 0 Å². The number of nitrogens with one attached hydrogen (secondary N) is 1. The van der Waals surface area contributed by atoms with Crippen LogP contribution in [0.15, 0.2) is 42.5 Å². The van der Waals surface area contributed by atoms with Crippen LogP contribution in [-0.4, -0.2) is 56.2 Å². The van der Waals surface area contributed by atoms with Gasteiger partial charge in [-0.05, 0) is 12.8 Å². The van der Waals surface area contributed by atoms with E-state index in [0.29, 0.717) is 19.3 Å². The Balaban J connectivity index is 1.61. The first-order valence-electron chi connectivity index (χ1n) is 10.3. The molecule has 3 aliphatic heterocycles. The lowest BCUT2D eigenvalue weighted by atomic mass is 9.95. The van der Waals surface area contributed by atoms with Crippen LogP contribution in [0.1, 0.15) is 37.5 Å². The van der Waals surface area contributed by atoms with Crippen LogP contribution in [0.25, 0.3) is 0 Å². The quantitative estimate of drug-likeness (QED) is 0.581. The SMILES string of the molecule is CO[C@H]1O[C@@H]2COC(c3ccccc3)O[C@H]2[C@@H]2OC(=O)CCC=CCCC(=O)N[C@@H]12. The monoisotopic (exact) mass is 417 g/mol. The summed E-state index contributed by atoms with van der Waals surface area (Å²) in [7, 11) is 1.49. The molecule has 0 spiro atoms. The summed E-state index contributed by atoms with van der Waals surface area (Å²) in [4.78, 5) is 25.0. The fraction of sp³-hybridized carbons (Fsp3) is 0.545. The Morgan fingerprint density at radius 1 is 1.00 bits per heavy atom. The summed E-state index contributed by atoms with van der Waals surface area (Å²) < 4.78 is 29.4. The van der Waals surface area contributed by atoms with Crippen LogP contribution in [0.2, 0.25) is 0 Å². The van der Waals surface area contributed by atoms with Crippen LogP contribution in [0.4, 0.5) is 0 Å². The molecule has 1 aromatic carbocycles. The molecule has 1 amide bonds. The summed E-state index contributed by atoms with van der Waals surface area (Å²) in [6.45, 7) is 0.252. The molecule has 2 saturated heterocycles. The van der Waals surface area contributed by atoms with Gasteiger partial charge in [0, 0.05) is 25.5 Å². The largest absolute Gasteiger partial charge is 0.457 e. The number of carbonyl (C=O) groups excluding carboxylic acids is 2. The summed E-state index contributed by atoms with van der Waals surface area (Å²) in [5.41, 5.74) is 0.856. The zero-order valence-corrected chi connectivity index (χ0v) is 16.9. The minimum absolute atomic E-state index is 0.165. The Kier molecular flexibility index (Phi) is 6.79. The van der Waals surface area contributed by atoms with Crippen LogP contribution in [0.5, 0.6) is 0 Å². The Bertz CT molecular complexity index is 768. The molecule has 3 heterocycles. The van der Waals surface area contributed by atoms with Crippen molar-refractivity contribution in [2.24, 2.45) is 0 Å². The number of allylic oxidation sites excluding steroid dienone is 2. The fourth-order valence-corrected chi connectivity index (χ4v) is 3.97. The highest BCUT2D eigenvalue weighted by molar-refractivity contribution is 5.76. The number of carbonyl (C=O) groups is 2. The summed E-state index contributed by atoms with van der Waals surface area (Å²) in [5, 5.41) is 2.93. The van der Waals surface area contributed by atoms with Gasteiger partial charge in [0.2, 0.25) is 5.91 Å². The average Bonchev–Trinajstić information content (AvgIpc) is 2.76. The van der Waals surface area contributed by atoms with Gasteiger partial charge in [0.05, 0.1) is 6.61 Å². The molecule has 0 bridgehead atoms. The first-order valence-corrected chi connectivity index (χ1v) is 10.3. The second kappa shape index (κ2) is 9.70. The van der Waals surface area contributed by atoms with Crippen molar-refractivity contribution >= 4 is 11.9 Å². The van der Waals surface area contributed by atoms with Gasteiger partial charge < -0.3 is 29.0 Å². The van der Waals surface area contributed by atoms with Gasteiger partial charge in [0.15, 0.2) is 18.7 Å². The molecule has 0 saturated carbocycles. The van der Waals surface area contributed by atoms with Crippen molar-refractivity contribution in [2.75, 3.05) is 13.7 Å². The van der Waals surface area contributed by atoms with Crippen molar-refractivity contribution in [1.82, 2.24) is 5.32 Å². The Hall–Kier alpha value is -2.26. The average molecular weight is 417 g/mol. The number of ether oxygens (including phenoxy) is 5. The smallest absolute Gasteiger partial charge is 0.306 e. The van der Waals surface area contributed by atoms with Crippen LogP contribution in [-0.2, 0) is 33.3 Å². The lowest BCUT2D eigenvalue weighted by molar-refractivity contribution is -0.342. The predicted octanol–water partition coefficient (Wildman–Crippen LogP) is 2.00. The molecule has 0 aliphatic carbocycles. The Labute approximate surface area is 175 Å². The van der Waals surface area contributed by atoms with Crippen molar-refractivity contribution < 1.29 is 33.3 Å². The molecule has 4 rings (SSSR count). The number of methoxy groups -OCH3 is 1. The number of esters is 1. The number of fused-ring (bicyclic) bond motifs is 3. The zero-order chi connectivity index (χ0) is 20.9. The van der Waals surface area contributed by atoms with Crippen molar-refractivity contribution in [3.05, 3.63) is 48.0 Å². The third kappa shape index (κ3) is 4.73. The first kappa shape index (κ1) is 21.0. The van der Waals surface area contributed by atoms with Gasteiger partial charge in [0.1, 0.15) is 18.2 Å². The standard InChI is InChI=1S/C22H27NO7/c1-26-22-18-20(29-17(25)12-8-3-2-7-11-16(24)23-18)19-15(28-22)13-27-21(30-19)14-9-5-4-6-10-14/h2-6,9-10,15,18-22H,7-8,11-13H2,1H3,(H,23,24)/t15-,18-,19-,20-,21?,22+/m1/s1. The Morgan fingerprint density at radius 3 is 2.53 bits per heavy atom. The molecule has 1 aromatic rings. The van der Waals surface area contributed by atoms with Gasteiger partial charge in [0.25, 0.3) is 0 Å². The van der Waals surface area contributed by atoms with E-state index in [1.54, 1.807) is 0 Å². The van der Waals surface area contributed by atoms with E-state index in [0.717, 1.165) is 5.56 Å². The molecule has 8 heteroatoms. The lowest BCUT2D eigenvalue weighted by Crippen LogP contribution is -2.67. The number of benzene rings is 1. The highest BCUT2D eigenvalue weighted by Crippen LogP contribution is 2.35. The topological polar surface area (TPSA) is 92.3 Å². The maximum atomic E-state index is 12.5. The van der Waals surface area contributed by atoms with E-state index >= 15 is 0 Å². The highest BCUT2D eigenvalue weighted by atomic mass is 16.7. The van der Waals surface area contributed by atoms with E-state index in [1.165, 1.54) is 7.11 Å². The molecule has 0 radical (unpaired) electrons. The zero-order valence-electron chi connectivity index (χ0n) is 16.9. The number of amides is 1. The maximum Gasteiger partial charge on any atom is 0.306 e. The predicted molar refractivity (Wildman–Crippen MR) is 105 cm³/mol. The summed E-state index contributed by atoms with van der Waals surface area (Å²) in [6.07, 6.45) is 2.28. The van der Waals surface area contributed by atoms with Crippen molar-refractivity contribution in [1.29, 1.82) is 0 Å². The van der Waals surface area contributed by atoms with Gasteiger partial charge >= 0.3 is 5.97 Å². The molecule has 2 fully saturated rings. The van der Waals surface area contributed by atoms with E-state index < -0.39 is 36.9 Å². The number of rotatable bonds is 2. The van der Waals surface area contributed by atoms with Gasteiger partial charge in [-0.2, -0.15) is 0 Å². The van der Waals surface area contributed by atoms with Crippen molar-refractivity contribution in [3.8, 4) is 0 Å². The molecular formula is C22H27NO7. The van der Waals surface area contributed by atoms with Crippen LogP contribution in [0.3, 0.4) is 0 Å². The summed E-state index contributed by atoms with van der Waals surface area (Å²) in [5.74, 6) is -0.520. The molecular weight excluding hydrogens is 390 g/mol. The van der Waals surface area contributed by atoms with Crippen molar-refractivity contribution in [3.63, 3.8) is 0 Å². The minimum atomic E-state index is -0.785. The molecule has 1 unspecified atom stereocenters. The second-order valence-electron chi connectivity index (χ2n) is 7.55. The van der Waals surface area contributed by atoms with E-state index in [2.05, 4.69) is 5.32 Å². The third-order valence-electron chi connectivity index (χ3n) is 5.46. The van der Waals surface area contributed by atoms with Crippen LogP contribution < -0.4 is 5.32 Å². The van der Waals surface area contributed by atoms with E-state index in [9.17, 15) is 9.59 Å². The van der Waals surface area contributed by atoms with Crippen LogP contribution in [0, 0.1) is 0 Å². The normalized spacial score (nSPS) is 35.1. The van der Waals surface area contributed by atoms with Gasteiger partial charge in [-0.3, -0.25) is 9.59 Å². The second-order valence-corrected chi connectivity index (χ2v) is 7.55. The van der Waals surface area contributed by atoms with Crippen LogP contribution >= 0.6 is 0 Å². The molecule has 3 aliphatic rings. The number of hydrogen-bond donors (Lipinski definition) is 1. The fourth-order valence-electron chi connectivity index (χ4n) is 3.97. The molecule has 1 N–H and O–H groups in total.